The summed E-state index contributed by atoms with van der Waals surface area (Å²) in [5.41, 5.74) is 6.27. The number of likely N-dealkylation sites (tertiary alicyclic amines) is 1. The van der Waals surface area contributed by atoms with Crippen LogP contribution in [0.15, 0.2) is 4.99 Å². The van der Waals surface area contributed by atoms with Crippen molar-refractivity contribution in [2.45, 2.75) is 43.7 Å². The summed E-state index contributed by atoms with van der Waals surface area (Å²) < 4.78 is 5.53. The molecule has 0 aromatic heterocycles. The van der Waals surface area contributed by atoms with Gasteiger partial charge in [0.15, 0.2) is 5.96 Å². The first-order chi connectivity index (χ1) is 10.7. The predicted octanol–water partition coefficient (Wildman–Crippen LogP) is 0.240. The average molecular weight is 309 g/mol. The first-order valence-electron chi connectivity index (χ1n) is 8.76. The molecule has 2 heterocycles. The van der Waals surface area contributed by atoms with Gasteiger partial charge in [0.05, 0.1) is 19.8 Å². The van der Waals surface area contributed by atoms with Crippen molar-refractivity contribution in [3.05, 3.63) is 0 Å². The van der Waals surface area contributed by atoms with Crippen LogP contribution in [0.2, 0.25) is 0 Å². The van der Waals surface area contributed by atoms with Gasteiger partial charge in [0, 0.05) is 24.7 Å². The molecule has 126 valence electrons. The molecule has 3 aliphatic rings. The number of nitrogens with zero attached hydrogens (tertiary/aromatic N) is 3. The predicted molar refractivity (Wildman–Crippen MR) is 89.1 cm³/mol. The van der Waals surface area contributed by atoms with Crippen LogP contribution < -0.4 is 11.1 Å². The number of morpholine rings is 1. The molecule has 0 radical (unpaired) electrons. The smallest absolute Gasteiger partial charge is 0.188 e. The minimum Gasteiger partial charge on any atom is -0.379 e. The fourth-order valence-corrected chi connectivity index (χ4v) is 3.69. The molecule has 0 unspecified atom stereocenters. The minimum absolute atomic E-state index is 0.169. The van der Waals surface area contributed by atoms with Gasteiger partial charge in [-0.25, -0.2) is 0 Å². The number of ether oxygens (including phenoxy) is 1. The van der Waals surface area contributed by atoms with E-state index in [9.17, 15) is 0 Å². The van der Waals surface area contributed by atoms with Gasteiger partial charge in [-0.2, -0.15) is 0 Å². The van der Waals surface area contributed by atoms with E-state index in [4.69, 9.17) is 15.5 Å². The SMILES string of the molecule is CN1CCC(CN=C(N)NC2CCC2)(N2CCOCC2)CC1. The Labute approximate surface area is 134 Å². The summed E-state index contributed by atoms with van der Waals surface area (Å²) in [5.74, 6) is 0.635. The van der Waals surface area contributed by atoms with Crippen LogP contribution in [0.25, 0.3) is 0 Å². The lowest BCUT2D eigenvalue weighted by Crippen LogP contribution is -2.60. The summed E-state index contributed by atoms with van der Waals surface area (Å²) in [6, 6.07) is 0.556. The van der Waals surface area contributed by atoms with Gasteiger partial charge in [0.25, 0.3) is 0 Å². The molecule has 0 atom stereocenters. The molecule has 3 rings (SSSR count). The lowest BCUT2D eigenvalue weighted by Gasteiger charge is -2.49. The van der Waals surface area contributed by atoms with Crippen molar-refractivity contribution in [1.29, 1.82) is 0 Å². The zero-order valence-corrected chi connectivity index (χ0v) is 13.9. The lowest BCUT2D eigenvalue weighted by molar-refractivity contribution is -0.0411. The van der Waals surface area contributed by atoms with Gasteiger partial charge >= 0.3 is 0 Å². The molecule has 2 aliphatic heterocycles. The maximum absolute atomic E-state index is 6.10. The molecule has 0 aromatic carbocycles. The number of rotatable bonds is 4. The molecule has 3 N–H and O–H groups in total. The molecular formula is C16H31N5O. The van der Waals surface area contributed by atoms with Crippen molar-refractivity contribution < 1.29 is 4.74 Å². The lowest BCUT2D eigenvalue weighted by atomic mass is 9.85. The molecule has 0 amide bonds. The Morgan fingerprint density at radius 3 is 2.50 bits per heavy atom. The fraction of sp³-hybridized carbons (Fsp3) is 0.938. The van der Waals surface area contributed by atoms with E-state index in [2.05, 4.69) is 22.2 Å². The Morgan fingerprint density at radius 1 is 1.23 bits per heavy atom. The molecule has 0 spiro atoms. The van der Waals surface area contributed by atoms with Crippen molar-refractivity contribution in [3.63, 3.8) is 0 Å². The fourth-order valence-electron chi connectivity index (χ4n) is 3.69. The molecule has 0 aromatic rings. The average Bonchev–Trinajstić information content (AvgIpc) is 2.52. The van der Waals surface area contributed by atoms with Crippen LogP contribution >= 0.6 is 0 Å². The second-order valence-electron chi connectivity index (χ2n) is 7.10. The van der Waals surface area contributed by atoms with Crippen LogP contribution in [0.4, 0.5) is 0 Å². The summed E-state index contributed by atoms with van der Waals surface area (Å²) in [6.45, 7) is 6.83. The zero-order chi connectivity index (χ0) is 15.4. The third kappa shape index (κ3) is 3.73. The summed E-state index contributed by atoms with van der Waals surface area (Å²) >= 11 is 0. The van der Waals surface area contributed by atoms with Crippen LogP contribution in [0.3, 0.4) is 0 Å². The van der Waals surface area contributed by atoms with Crippen molar-refractivity contribution in [2.24, 2.45) is 10.7 Å². The third-order valence-corrected chi connectivity index (χ3v) is 5.60. The number of hydrogen-bond acceptors (Lipinski definition) is 4. The van der Waals surface area contributed by atoms with Gasteiger partial charge in [0.2, 0.25) is 0 Å². The standard InChI is InChI=1S/C16H31N5O/c1-20-7-5-16(6-8-20,21-9-11-22-12-10-21)13-18-15(17)19-14-3-2-4-14/h14H,2-13H2,1H3,(H3,17,18,19). The number of nitrogens with one attached hydrogen (secondary N) is 1. The van der Waals surface area contributed by atoms with Gasteiger partial charge in [-0.05, 0) is 52.2 Å². The van der Waals surface area contributed by atoms with Crippen LogP contribution in [-0.2, 0) is 4.74 Å². The van der Waals surface area contributed by atoms with E-state index in [0.717, 1.165) is 45.9 Å². The normalized spacial score (nSPS) is 28.3. The summed E-state index contributed by atoms with van der Waals surface area (Å²) in [7, 11) is 2.21. The van der Waals surface area contributed by atoms with E-state index in [-0.39, 0.29) is 5.54 Å². The second kappa shape index (κ2) is 7.15. The number of aliphatic imine (C=N–C) groups is 1. The maximum Gasteiger partial charge on any atom is 0.188 e. The first kappa shape index (κ1) is 16.0. The summed E-state index contributed by atoms with van der Waals surface area (Å²) in [5, 5.41) is 3.36. The topological polar surface area (TPSA) is 66.1 Å². The quantitative estimate of drug-likeness (QED) is 0.575. The van der Waals surface area contributed by atoms with Gasteiger partial charge in [-0.15, -0.1) is 0 Å². The highest BCUT2D eigenvalue weighted by atomic mass is 16.5. The maximum atomic E-state index is 6.10. The third-order valence-electron chi connectivity index (χ3n) is 5.60. The Bertz CT molecular complexity index is 382. The summed E-state index contributed by atoms with van der Waals surface area (Å²) in [6.07, 6.45) is 6.12. The highest BCUT2D eigenvalue weighted by Crippen LogP contribution is 2.30. The van der Waals surface area contributed by atoms with Gasteiger partial charge in [-0.1, -0.05) is 0 Å². The van der Waals surface area contributed by atoms with E-state index in [1.807, 2.05) is 0 Å². The largest absolute Gasteiger partial charge is 0.379 e. The van der Waals surface area contributed by atoms with E-state index < -0.39 is 0 Å². The monoisotopic (exact) mass is 309 g/mol. The van der Waals surface area contributed by atoms with Crippen LogP contribution in [0.5, 0.6) is 0 Å². The molecule has 3 fully saturated rings. The number of nitrogens with two attached hydrogens (primary N) is 1. The molecule has 1 saturated carbocycles. The molecule has 22 heavy (non-hydrogen) atoms. The van der Waals surface area contributed by atoms with Gasteiger partial charge in [0.1, 0.15) is 0 Å². The Hall–Kier alpha value is -0.850. The number of guanidine groups is 1. The highest BCUT2D eigenvalue weighted by Gasteiger charge is 2.39. The molecule has 6 nitrogen and oxygen atoms in total. The van der Waals surface area contributed by atoms with E-state index in [1.54, 1.807) is 0 Å². The van der Waals surface area contributed by atoms with Crippen LogP contribution in [-0.4, -0.2) is 80.3 Å². The second-order valence-corrected chi connectivity index (χ2v) is 7.10. The summed E-state index contributed by atoms with van der Waals surface area (Å²) in [4.78, 5) is 9.74. The van der Waals surface area contributed by atoms with Crippen molar-refractivity contribution in [3.8, 4) is 0 Å². The molecular weight excluding hydrogens is 278 g/mol. The highest BCUT2D eigenvalue weighted by molar-refractivity contribution is 5.78. The van der Waals surface area contributed by atoms with Crippen molar-refractivity contribution >= 4 is 5.96 Å². The van der Waals surface area contributed by atoms with Crippen molar-refractivity contribution in [1.82, 2.24) is 15.1 Å². The Morgan fingerprint density at radius 2 is 1.91 bits per heavy atom. The molecule has 6 heteroatoms. The van der Waals surface area contributed by atoms with Crippen LogP contribution in [0, 0.1) is 0 Å². The minimum atomic E-state index is 0.169. The van der Waals surface area contributed by atoms with Crippen LogP contribution in [0.1, 0.15) is 32.1 Å². The Balaban J connectivity index is 1.63. The number of piperidine rings is 1. The number of hydrogen-bond donors (Lipinski definition) is 2. The van der Waals surface area contributed by atoms with E-state index in [1.165, 1.54) is 32.1 Å². The Kier molecular flexibility index (Phi) is 5.21. The van der Waals surface area contributed by atoms with E-state index in [0.29, 0.717) is 12.0 Å². The van der Waals surface area contributed by atoms with Gasteiger partial charge in [-0.3, -0.25) is 9.89 Å². The first-order valence-corrected chi connectivity index (χ1v) is 8.76. The van der Waals surface area contributed by atoms with Gasteiger partial charge < -0.3 is 20.7 Å². The van der Waals surface area contributed by atoms with Crippen molar-refractivity contribution in [2.75, 3.05) is 53.0 Å². The molecule has 2 saturated heterocycles. The molecule has 1 aliphatic carbocycles. The van der Waals surface area contributed by atoms with E-state index >= 15 is 0 Å². The molecule has 0 bridgehead atoms. The zero-order valence-electron chi connectivity index (χ0n) is 13.9.